The highest BCUT2D eigenvalue weighted by molar-refractivity contribution is 9.10. The Morgan fingerprint density at radius 1 is 1.17 bits per heavy atom. The second kappa shape index (κ2) is 9.26. The van der Waals surface area contributed by atoms with Crippen LogP contribution < -0.4 is 16.6 Å². The summed E-state index contributed by atoms with van der Waals surface area (Å²) in [6, 6.07) is 6.23. The normalized spacial score (nSPS) is 19.2. The standard InChI is InChI=1S/C23H30BrN3O2/c1-13-8-14(2)27-23(29)21(13)12-26-22(28)20-11-18(24)10-17(15(20)3)9-16-4-6-19(25)7-5-16/h8,10-11,16,19H,4-7,9,12,25H2,1-3H3,(H,26,28)(H,27,29). The number of halogens is 1. The average molecular weight is 460 g/mol. The Labute approximate surface area is 180 Å². The van der Waals surface area contributed by atoms with E-state index in [1.54, 1.807) is 0 Å². The van der Waals surface area contributed by atoms with Gasteiger partial charge in [-0.15, -0.1) is 0 Å². The molecule has 29 heavy (non-hydrogen) atoms. The number of hydrogen-bond donors (Lipinski definition) is 3. The number of amides is 1. The maximum absolute atomic E-state index is 12.9. The number of hydrogen-bond acceptors (Lipinski definition) is 3. The number of aryl methyl sites for hydroxylation is 2. The van der Waals surface area contributed by atoms with Crippen molar-refractivity contribution in [3.05, 3.63) is 66.5 Å². The van der Waals surface area contributed by atoms with Crippen LogP contribution in [0.25, 0.3) is 0 Å². The van der Waals surface area contributed by atoms with Gasteiger partial charge in [0.2, 0.25) is 0 Å². The number of carbonyl (C=O) groups excluding carboxylic acids is 1. The Hall–Kier alpha value is -1.92. The Balaban J connectivity index is 1.75. The first-order chi connectivity index (χ1) is 13.7. The Bertz CT molecular complexity index is 959. The van der Waals surface area contributed by atoms with Crippen molar-refractivity contribution in [2.75, 3.05) is 0 Å². The number of H-pyrrole nitrogens is 1. The van der Waals surface area contributed by atoms with E-state index in [1.807, 2.05) is 32.9 Å². The smallest absolute Gasteiger partial charge is 0.253 e. The van der Waals surface area contributed by atoms with Gasteiger partial charge in [0.05, 0.1) is 0 Å². The minimum Gasteiger partial charge on any atom is -0.348 e. The number of nitrogens with two attached hydrogens (primary N) is 1. The molecule has 0 unspecified atom stereocenters. The van der Waals surface area contributed by atoms with Crippen molar-refractivity contribution in [3.63, 3.8) is 0 Å². The lowest BCUT2D eigenvalue weighted by molar-refractivity contribution is 0.0950. The van der Waals surface area contributed by atoms with E-state index >= 15 is 0 Å². The summed E-state index contributed by atoms with van der Waals surface area (Å²) in [5, 5.41) is 2.92. The largest absolute Gasteiger partial charge is 0.348 e. The number of aromatic amines is 1. The topological polar surface area (TPSA) is 88.0 Å². The molecule has 5 nitrogen and oxygen atoms in total. The molecule has 0 radical (unpaired) electrons. The van der Waals surface area contributed by atoms with E-state index in [0.717, 1.165) is 53.4 Å². The lowest BCUT2D eigenvalue weighted by Crippen LogP contribution is -2.29. The van der Waals surface area contributed by atoms with Gasteiger partial charge in [-0.3, -0.25) is 9.59 Å². The molecule has 1 amide bonds. The maximum Gasteiger partial charge on any atom is 0.253 e. The van der Waals surface area contributed by atoms with Crippen molar-refractivity contribution in [2.45, 2.75) is 65.5 Å². The minimum absolute atomic E-state index is 0.148. The number of aromatic nitrogens is 1. The molecule has 1 aliphatic carbocycles. The fraction of sp³-hybridized carbons (Fsp3) is 0.478. The lowest BCUT2D eigenvalue weighted by Gasteiger charge is -2.27. The molecule has 4 N–H and O–H groups in total. The molecule has 1 aliphatic rings. The summed E-state index contributed by atoms with van der Waals surface area (Å²) >= 11 is 3.56. The summed E-state index contributed by atoms with van der Waals surface area (Å²) in [4.78, 5) is 27.9. The Morgan fingerprint density at radius 3 is 2.52 bits per heavy atom. The fourth-order valence-corrected chi connectivity index (χ4v) is 4.76. The fourth-order valence-electron chi connectivity index (χ4n) is 4.25. The van der Waals surface area contributed by atoms with Gasteiger partial charge in [0.1, 0.15) is 0 Å². The third-order valence-electron chi connectivity index (χ3n) is 6.04. The summed E-state index contributed by atoms with van der Waals surface area (Å²) < 4.78 is 0.903. The second-order valence-electron chi connectivity index (χ2n) is 8.35. The van der Waals surface area contributed by atoms with Gasteiger partial charge in [-0.25, -0.2) is 0 Å². The van der Waals surface area contributed by atoms with Crippen LogP contribution in [0.15, 0.2) is 27.5 Å². The lowest BCUT2D eigenvalue weighted by atomic mass is 9.81. The maximum atomic E-state index is 12.9. The van der Waals surface area contributed by atoms with Crippen LogP contribution in [-0.4, -0.2) is 16.9 Å². The van der Waals surface area contributed by atoms with Gasteiger partial charge < -0.3 is 16.0 Å². The predicted molar refractivity (Wildman–Crippen MR) is 120 cm³/mol. The zero-order chi connectivity index (χ0) is 21.1. The third kappa shape index (κ3) is 5.37. The molecule has 156 valence electrons. The number of carbonyl (C=O) groups is 1. The van der Waals surface area contributed by atoms with E-state index in [1.165, 1.54) is 5.56 Å². The molecular weight excluding hydrogens is 430 g/mol. The van der Waals surface area contributed by atoms with Gasteiger partial charge >= 0.3 is 0 Å². The van der Waals surface area contributed by atoms with Crippen LogP contribution in [0.5, 0.6) is 0 Å². The molecule has 2 aromatic rings. The number of pyridine rings is 1. The molecule has 6 heteroatoms. The van der Waals surface area contributed by atoms with Crippen LogP contribution in [0, 0.1) is 26.7 Å². The summed E-state index contributed by atoms with van der Waals surface area (Å²) in [7, 11) is 0. The predicted octanol–water partition coefficient (Wildman–Crippen LogP) is 4.05. The second-order valence-corrected chi connectivity index (χ2v) is 9.26. The zero-order valence-electron chi connectivity index (χ0n) is 17.4. The van der Waals surface area contributed by atoms with Crippen molar-refractivity contribution in [2.24, 2.45) is 11.7 Å². The van der Waals surface area contributed by atoms with Crippen molar-refractivity contribution < 1.29 is 4.79 Å². The molecule has 0 atom stereocenters. The molecule has 0 bridgehead atoms. The molecule has 0 aliphatic heterocycles. The van der Waals surface area contributed by atoms with Crippen molar-refractivity contribution in [1.82, 2.24) is 10.3 Å². The van der Waals surface area contributed by atoms with Crippen LogP contribution in [0.1, 0.15) is 64.0 Å². The first kappa shape index (κ1) is 21.8. The van der Waals surface area contributed by atoms with Gasteiger partial charge in [-0.2, -0.15) is 0 Å². The van der Waals surface area contributed by atoms with Crippen molar-refractivity contribution in [1.29, 1.82) is 0 Å². The summed E-state index contributed by atoms with van der Waals surface area (Å²) in [6.07, 6.45) is 5.41. The van der Waals surface area contributed by atoms with E-state index in [-0.39, 0.29) is 18.0 Å². The quantitative estimate of drug-likeness (QED) is 0.629. The number of benzene rings is 1. The monoisotopic (exact) mass is 459 g/mol. The van der Waals surface area contributed by atoms with Crippen LogP contribution >= 0.6 is 15.9 Å². The Morgan fingerprint density at radius 2 is 1.86 bits per heavy atom. The van der Waals surface area contributed by atoms with Crippen molar-refractivity contribution >= 4 is 21.8 Å². The third-order valence-corrected chi connectivity index (χ3v) is 6.50. The molecule has 0 spiro atoms. The van der Waals surface area contributed by atoms with Crippen LogP contribution in [-0.2, 0) is 13.0 Å². The number of rotatable bonds is 5. The van der Waals surface area contributed by atoms with E-state index < -0.39 is 0 Å². The highest BCUT2D eigenvalue weighted by Crippen LogP contribution is 2.30. The highest BCUT2D eigenvalue weighted by atomic mass is 79.9. The van der Waals surface area contributed by atoms with Gasteiger partial charge in [-0.1, -0.05) is 15.9 Å². The van der Waals surface area contributed by atoms with Crippen LogP contribution in [0.2, 0.25) is 0 Å². The Kier molecular flexibility index (Phi) is 6.96. The van der Waals surface area contributed by atoms with Crippen LogP contribution in [0.3, 0.4) is 0 Å². The van der Waals surface area contributed by atoms with E-state index in [0.29, 0.717) is 23.1 Å². The summed E-state index contributed by atoms with van der Waals surface area (Å²) in [5.41, 5.74) is 11.0. The summed E-state index contributed by atoms with van der Waals surface area (Å²) in [6.45, 7) is 5.96. The SMILES string of the molecule is Cc1cc(C)c(CNC(=O)c2cc(Br)cc(CC3CCC(N)CC3)c2C)c(=O)[nH]1. The molecule has 1 saturated carbocycles. The molecule has 1 aromatic heterocycles. The van der Waals surface area contributed by atoms with Gasteiger partial charge in [-0.05, 0) is 93.7 Å². The van der Waals surface area contributed by atoms with Gasteiger partial charge in [0.25, 0.3) is 11.5 Å². The van der Waals surface area contributed by atoms with Crippen molar-refractivity contribution in [3.8, 4) is 0 Å². The minimum atomic E-state index is -0.157. The van der Waals surface area contributed by atoms with Gasteiger partial charge in [0.15, 0.2) is 0 Å². The molecular formula is C23H30BrN3O2. The van der Waals surface area contributed by atoms with Crippen LogP contribution in [0.4, 0.5) is 0 Å². The van der Waals surface area contributed by atoms with Gasteiger partial charge in [0, 0.05) is 33.9 Å². The molecule has 1 heterocycles. The highest BCUT2D eigenvalue weighted by Gasteiger charge is 2.21. The van der Waals surface area contributed by atoms with E-state index in [2.05, 4.69) is 32.3 Å². The summed E-state index contributed by atoms with van der Waals surface area (Å²) in [5.74, 6) is 0.461. The molecule has 3 rings (SSSR count). The first-order valence-corrected chi connectivity index (χ1v) is 11.1. The zero-order valence-corrected chi connectivity index (χ0v) is 19.0. The van der Waals surface area contributed by atoms with E-state index in [4.69, 9.17) is 5.73 Å². The number of nitrogens with one attached hydrogen (secondary N) is 2. The molecule has 1 fully saturated rings. The first-order valence-electron chi connectivity index (χ1n) is 10.3. The average Bonchev–Trinajstić information content (AvgIpc) is 2.65. The molecule has 0 saturated heterocycles. The molecule has 1 aromatic carbocycles. The van der Waals surface area contributed by atoms with E-state index in [9.17, 15) is 9.59 Å².